The maximum Gasteiger partial charge on any atom is 0.247 e. The van der Waals surface area contributed by atoms with Crippen molar-refractivity contribution in [1.29, 1.82) is 0 Å². The number of hydrogen-bond acceptors (Lipinski definition) is 7. The lowest BCUT2D eigenvalue weighted by Crippen LogP contribution is -2.15. The molecule has 0 aliphatic carbocycles. The fourth-order valence-electron chi connectivity index (χ4n) is 3.04. The number of hydrogen-bond donors (Lipinski definition) is 0. The van der Waals surface area contributed by atoms with Crippen LogP contribution in [0.4, 0.5) is 0 Å². The molecule has 0 saturated carbocycles. The molecule has 0 spiro atoms. The van der Waals surface area contributed by atoms with Crippen molar-refractivity contribution in [2.24, 2.45) is 0 Å². The summed E-state index contributed by atoms with van der Waals surface area (Å²) in [6.45, 7) is 1.73. The van der Waals surface area contributed by atoms with Gasteiger partial charge in [-0.05, 0) is 62.3 Å². The van der Waals surface area contributed by atoms with E-state index in [2.05, 4.69) is 59.5 Å². The van der Waals surface area contributed by atoms with Crippen LogP contribution < -0.4 is 4.74 Å². The Morgan fingerprint density at radius 2 is 1.87 bits per heavy atom. The number of benzene rings is 2. The molecule has 0 N–H and O–H groups in total. The van der Waals surface area contributed by atoms with Crippen LogP contribution in [0.3, 0.4) is 0 Å². The SMILES string of the molecule is CN(C)CCCOc1ccc(-c2nnc(CSCc3cc4ccccc4s3)o2)cc1. The highest BCUT2D eigenvalue weighted by molar-refractivity contribution is 7.97. The summed E-state index contributed by atoms with van der Waals surface area (Å²) in [6.07, 6.45) is 1.00. The van der Waals surface area contributed by atoms with E-state index < -0.39 is 0 Å². The summed E-state index contributed by atoms with van der Waals surface area (Å²) >= 11 is 3.63. The van der Waals surface area contributed by atoms with E-state index in [4.69, 9.17) is 9.15 Å². The van der Waals surface area contributed by atoms with Crippen LogP contribution in [0.5, 0.6) is 5.75 Å². The minimum atomic E-state index is 0.548. The third-order valence-corrected chi connectivity index (χ3v) is 6.80. The predicted octanol–water partition coefficient (Wildman–Crippen LogP) is 5.72. The van der Waals surface area contributed by atoms with Gasteiger partial charge in [0, 0.05) is 27.4 Å². The van der Waals surface area contributed by atoms with E-state index in [0.717, 1.165) is 30.0 Å². The molecule has 4 rings (SSSR count). The van der Waals surface area contributed by atoms with Crippen LogP contribution in [-0.2, 0) is 11.5 Å². The predicted molar refractivity (Wildman–Crippen MR) is 125 cm³/mol. The van der Waals surface area contributed by atoms with E-state index in [1.54, 1.807) is 11.8 Å². The first kappa shape index (κ1) is 20.9. The Morgan fingerprint density at radius 3 is 2.67 bits per heavy atom. The Balaban J connectivity index is 1.27. The van der Waals surface area contributed by atoms with Crippen molar-refractivity contribution >= 4 is 33.2 Å². The second-order valence-corrected chi connectivity index (χ2v) is 9.43. The van der Waals surface area contributed by atoms with Crippen LogP contribution in [-0.4, -0.2) is 42.3 Å². The van der Waals surface area contributed by atoms with Gasteiger partial charge in [0.15, 0.2) is 0 Å². The fourth-order valence-corrected chi connectivity index (χ4v) is 5.06. The maximum absolute atomic E-state index is 5.85. The van der Waals surface area contributed by atoms with Gasteiger partial charge in [-0.2, -0.15) is 0 Å². The van der Waals surface area contributed by atoms with Crippen molar-refractivity contribution in [3.63, 3.8) is 0 Å². The van der Waals surface area contributed by atoms with Crippen molar-refractivity contribution in [1.82, 2.24) is 15.1 Å². The summed E-state index contributed by atoms with van der Waals surface area (Å²) in [5.41, 5.74) is 0.906. The quantitative estimate of drug-likeness (QED) is 0.295. The zero-order valence-corrected chi connectivity index (χ0v) is 18.8. The summed E-state index contributed by atoms with van der Waals surface area (Å²) in [5, 5.41) is 9.70. The highest BCUT2D eigenvalue weighted by Gasteiger charge is 2.10. The Bertz CT molecular complexity index is 1040. The molecule has 2 aromatic heterocycles. The molecule has 0 radical (unpaired) electrons. The van der Waals surface area contributed by atoms with Crippen molar-refractivity contribution in [2.45, 2.75) is 17.9 Å². The van der Waals surface area contributed by atoms with Gasteiger partial charge >= 0.3 is 0 Å². The molecule has 0 fully saturated rings. The summed E-state index contributed by atoms with van der Waals surface area (Å²) in [6, 6.07) is 18.6. The number of thiophene rings is 1. The fraction of sp³-hybridized carbons (Fsp3) is 0.304. The Morgan fingerprint density at radius 1 is 1.03 bits per heavy atom. The minimum absolute atomic E-state index is 0.548. The molecule has 0 atom stereocenters. The molecule has 0 saturated heterocycles. The van der Waals surface area contributed by atoms with Crippen molar-refractivity contribution in [3.8, 4) is 17.2 Å². The average Bonchev–Trinajstić information content (AvgIpc) is 3.38. The van der Waals surface area contributed by atoms with Crippen LogP contribution in [0.15, 0.2) is 59.0 Å². The molecule has 156 valence electrons. The standard InChI is InChI=1S/C23H25N3O2S2/c1-26(2)12-5-13-27-19-10-8-17(9-11-19)23-25-24-22(28-23)16-29-15-20-14-18-6-3-4-7-21(18)30-20/h3-4,6-11,14H,5,12-13,15-16H2,1-2H3. The monoisotopic (exact) mass is 439 g/mol. The van der Waals surface area contributed by atoms with Crippen LogP contribution in [0.1, 0.15) is 17.2 Å². The molecular weight excluding hydrogens is 414 g/mol. The summed E-state index contributed by atoms with van der Waals surface area (Å²) < 4.78 is 13.0. The van der Waals surface area contributed by atoms with E-state index in [-0.39, 0.29) is 0 Å². The third-order valence-electron chi connectivity index (χ3n) is 4.53. The highest BCUT2D eigenvalue weighted by Crippen LogP contribution is 2.29. The van der Waals surface area contributed by atoms with Gasteiger partial charge in [0.25, 0.3) is 0 Å². The van der Waals surface area contributed by atoms with Gasteiger partial charge < -0.3 is 14.1 Å². The second kappa shape index (κ2) is 10.1. The molecule has 0 unspecified atom stereocenters. The van der Waals surface area contributed by atoms with E-state index in [1.165, 1.54) is 15.0 Å². The van der Waals surface area contributed by atoms with Gasteiger partial charge in [-0.3, -0.25) is 0 Å². The molecule has 2 heterocycles. The first-order valence-corrected chi connectivity index (χ1v) is 11.9. The Hall–Kier alpha value is -2.35. The smallest absolute Gasteiger partial charge is 0.247 e. The number of aromatic nitrogens is 2. The van der Waals surface area contributed by atoms with Crippen LogP contribution in [0.25, 0.3) is 21.5 Å². The summed E-state index contributed by atoms with van der Waals surface area (Å²) in [5.74, 6) is 3.70. The molecular formula is C23H25N3O2S2. The third kappa shape index (κ3) is 5.62. The highest BCUT2D eigenvalue weighted by atomic mass is 32.2. The molecule has 4 aromatic rings. The normalized spacial score (nSPS) is 11.4. The van der Waals surface area contributed by atoms with Crippen LogP contribution >= 0.6 is 23.1 Å². The molecule has 2 aromatic carbocycles. The van der Waals surface area contributed by atoms with E-state index >= 15 is 0 Å². The van der Waals surface area contributed by atoms with Gasteiger partial charge in [0.1, 0.15) is 5.75 Å². The van der Waals surface area contributed by atoms with E-state index in [9.17, 15) is 0 Å². The summed E-state index contributed by atoms with van der Waals surface area (Å²) in [4.78, 5) is 3.52. The van der Waals surface area contributed by atoms with Crippen LogP contribution in [0, 0.1) is 0 Å². The lowest BCUT2D eigenvalue weighted by Gasteiger charge is -2.10. The van der Waals surface area contributed by atoms with Gasteiger partial charge in [-0.25, -0.2) is 0 Å². The van der Waals surface area contributed by atoms with Crippen LogP contribution in [0.2, 0.25) is 0 Å². The van der Waals surface area contributed by atoms with Gasteiger partial charge in [-0.15, -0.1) is 33.3 Å². The topological polar surface area (TPSA) is 51.4 Å². The lowest BCUT2D eigenvalue weighted by molar-refractivity contribution is 0.281. The van der Waals surface area contributed by atoms with Crippen molar-refractivity contribution in [2.75, 3.05) is 27.2 Å². The number of rotatable bonds is 10. The number of fused-ring (bicyclic) bond motifs is 1. The summed E-state index contributed by atoms with van der Waals surface area (Å²) in [7, 11) is 4.13. The first-order chi connectivity index (χ1) is 14.7. The number of ether oxygens (including phenoxy) is 1. The lowest BCUT2D eigenvalue weighted by atomic mass is 10.2. The second-order valence-electron chi connectivity index (χ2n) is 7.27. The maximum atomic E-state index is 5.85. The van der Waals surface area contributed by atoms with E-state index in [1.807, 2.05) is 35.6 Å². The van der Waals surface area contributed by atoms with Gasteiger partial charge in [0.05, 0.1) is 12.4 Å². The molecule has 0 aliphatic heterocycles. The molecule has 0 amide bonds. The first-order valence-electron chi connectivity index (χ1n) is 9.93. The zero-order chi connectivity index (χ0) is 20.8. The van der Waals surface area contributed by atoms with Gasteiger partial charge in [0.2, 0.25) is 11.8 Å². The van der Waals surface area contributed by atoms with Crippen molar-refractivity contribution in [3.05, 3.63) is 65.4 Å². The number of thioether (sulfide) groups is 1. The minimum Gasteiger partial charge on any atom is -0.494 e. The average molecular weight is 440 g/mol. The Kier molecular flexibility index (Phi) is 7.04. The molecule has 0 aliphatic rings. The molecule has 5 nitrogen and oxygen atoms in total. The number of nitrogens with zero attached hydrogens (tertiary/aromatic N) is 3. The van der Waals surface area contributed by atoms with Gasteiger partial charge in [-0.1, -0.05) is 18.2 Å². The zero-order valence-electron chi connectivity index (χ0n) is 17.2. The molecule has 7 heteroatoms. The Labute approximate surface area is 185 Å². The van der Waals surface area contributed by atoms with Crippen molar-refractivity contribution < 1.29 is 9.15 Å². The molecule has 0 bridgehead atoms. The largest absolute Gasteiger partial charge is 0.494 e. The van der Waals surface area contributed by atoms with E-state index in [0.29, 0.717) is 24.1 Å². The molecule has 30 heavy (non-hydrogen) atoms.